The van der Waals surface area contributed by atoms with Crippen LogP contribution in [0.25, 0.3) is 0 Å². The Bertz CT molecular complexity index is 925. The maximum absolute atomic E-state index is 14.5. The van der Waals surface area contributed by atoms with E-state index in [9.17, 15) is 19.5 Å². The SMILES string of the molecule is C=CCN(C)C(=O)[C@@H]1[C@H]2C(=O)N(CCO)C(C(=O)N(CC=C)C(C)(C)CC(C)(C)C)C23CC[C@@]1(C)O3. The van der Waals surface area contributed by atoms with Crippen molar-refractivity contribution in [3.8, 4) is 0 Å². The molecule has 5 atom stereocenters. The van der Waals surface area contributed by atoms with Crippen LogP contribution >= 0.6 is 0 Å². The Morgan fingerprint density at radius 1 is 1.14 bits per heavy atom. The summed E-state index contributed by atoms with van der Waals surface area (Å²) in [4.78, 5) is 46.8. The summed E-state index contributed by atoms with van der Waals surface area (Å²) in [5.74, 6) is -2.15. The highest BCUT2D eigenvalue weighted by molar-refractivity contribution is 5.99. The Morgan fingerprint density at radius 2 is 1.75 bits per heavy atom. The van der Waals surface area contributed by atoms with E-state index in [4.69, 9.17) is 4.74 Å². The summed E-state index contributed by atoms with van der Waals surface area (Å²) < 4.78 is 6.67. The molecule has 1 spiro atoms. The van der Waals surface area contributed by atoms with Crippen molar-refractivity contribution in [3.63, 3.8) is 0 Å². The minimum atomic E-state index is -1.11. The molecule has 2 unspecified atom stereocenters. The molecule has 3 aliphatic heterocycles. The maximum Gasteiger partial charge on any atom is 0.249 e. The van der Waals surface area contributed by atoms with Crippen LogP contribution in [0.5, 0.6) is 0 Å². The van der Waals surface area contributed by atoms with Crippen molar-refractivity contribution in [1.29, 1.82) is 0 Å². The number of rotatable bonds is 10. The number of β-amino-alcohol motifs (C(OH)–C–C–N with tert-alkyl or cyclic N) is 1. The molecular formula is C28H45N3O5. The second-order valence-corrected chi connectivity index (χ2v) is 12.8. The molecule has 36 heavy (non-hydrogen) atoms. The highest BCUT2D eigenvalue weighted by Crippen LogP contribution is 2.63. The minimum Gasteiger partial charge on any atom is -0.395 e. The molecule has 3 rings (SSSR count). The van der Waals surface area contributed by atoms with E-state index < -0.39 is 34.6 Å². The number of amides is 3. The minimum absolute atomic E-state index is 0.0125. The van der Waals surface area contributed by atoms with Gasteiger partial charge in [-0.3, -0.25) is 14.4 Å². The molecule has 8 heteroatoms. The maximum atomic E-state index is 14.5. The van der Waals surface area contributed by atoms with E-state index in [-0.39, 0.29) is 36.3 Å². The lowest BCUT2D eigenvalue weighted by molar-refractivity contribution is -0.157. The van der Waals surface area contributed by atoms with Crippen molar-refractivity contribution >= 4 is 17.7 Å². The number of ether oxygens (including phenoxy) is 1. The summed E-state index contributed by atoms with van der Waals surface area (Å²) in [5.41, 5.74) is -2.50. The van der Waals surface area contributed by atoms with Crippen molar-refractivity contribution < 1.29 is 24.2 Å². The average Bonchev–Trinajstić information content (AvgIpc) is 3.31. The Labute approximate surface area is 216 Å². The average molecular weight is 504 g/mol. The van der Waals surface area contributed by atoms with Gasteiger partial charge in [0.05, 0.1) is 24.0 Å². The second-order valence-electron chi connectivity index (χ2n) is 12.8. The summed E-state index contributed by atoms with van der Waals surface area (Å²) in [7, 11) is 1.69. The summed E-state index contributed by atoms with van der Waals surface area (Å²) in [6, 6.07) is -0.911. The third kappa shape index (κ3) is 4.51. The van der Waals surface area contributed by atoms with Crippen LogP contribution in [0.15, 0.2) is 25.3 Å². The molecule has 202 valence electrons. The van der Waals surface area contributed by atoms with Gasteiger partial charge < -0.3 is 24.5 Å². The molecule has 0 aromatic rings. The summed E-state index contributed by atoms with van der Waals surface area (Å²) in [5, 5.41) is 9.85. The lowest BCUT2D eigenvalue weighted by Gasteiger charge is -2.45. The number of likely N-dealkylation sites (N-methyl/N-ethyl adjacent to an activating group) is 1. The smallest absolute Gasteiger partial charge is 0.249 e. The molecule has 0 aliphatic carbocycles. The molecule has 3 aliphatic rings. The first-order valence-corrected chi connectivity index (χ1v) is 13.0. The molecular weight excluding hydrogens is 458 g/mol. The molecule has 1 N–H and O–H groups in total. The number of likely N-dealkylation sites (tertiary alicyclic amines) is 1. The molecule has 3 saturated heterocycles. The van der Waals surface area contributed by atoms with Crippen LogP contribution in [0.1, 0.15) is 60.8 Å². The molecule has 3 heterocycles. The Morgan fingerprint density at radius 3 is 2.28 bits per heavy atom. The van der Waals surface area contributed by atoms with Crippen molar-refractivity contribution in [1.82, 2.24) is 14.7 Å². The highest BCUT2D eigenvalue weighted by atomic mass is 16.5. The van der Waals surface area contributed by atoms with Gasteiger partial charge in [-0.1, -0.05) is 32.9 Å². The van der Waals surface area contributed by atoms with Gasteiger partial charge in [0.1, 0.15) is 11.6 Å². The molecule has 8 nitrogen and oxygen atoms in total. The fourth-order valence-corrected chi connectivity index (χ4v) is 7.26. The molecule has 0 saturated carbocycles. The predicted molar refractivity (Wildman–Crippen MR) is 139 cm³/mol. The first-order valence-electron chi connectivity index (χ1n) is 13.0. The van der Waals surface area contributed by atoms with E-state index in [1.807, 2.05) is 20.8 Å². The summed E-state index contributed by atoms with van der Waals surface area (Å²) >= 11 is 0. The van der Waals surface area contributed by atoms with Crippen molar-refractivity contribution in [2.75, 3.05) is 33.3 Å². The fourth-order valence-electron chi connectivity index (χ4n) is 7.26. The third-order valence-electron chi connectivity index (χ3n) is 8.17. The second kappa shape index (κ2) is 9.60. The number of carbonyl (C=O) groups excluding carboxylic acids is 3. The van der Waals surface area contributed by atoms with Crippen LogP contribution in [0.3, 0.4) is 0 Å². The molecule has 3 fully saturated rings. The zero-order valence-corrected chi connectivity index (χ0v) is 23.2. The summed E-state index contributed by atoms with van der Waals surface area (Å²) in [6.45, 7) is 20.4. The molecule has 2 bridgehead atoms. The Balaban J connectivity index is 2.09. The lowest BCUT2D eigenvalue weighted by atomic mass is 9.66. The number of hydrogen-bond acceptors (Lipinski definition) is 5. The zero-order valence-electron chi connectivity index (χ0n) is 23.2. The number of aliphatic hydroxyl groups excluding tert-OH is 1. The number of fused-ring (bicyclic) bond motifs is 1. The van der Waals surface area contributed by atoms with E-state index in [0.717, 1.165) is 6.42 Å². The first kappa shape index (κ1) is 28.4. The van der Waals surface area contributed by atoms with Crippen LogP contribution in [0.4, 0.5) is 0 Å². The molecule has 0 aromatic heterocycles. The molecule has 0 aromatic carbocycles. The fraction of sp³-hybridized carbons (Fsp3) is 0.750. The topological polar surface area (TPSA) is 90.4 Å². The van der Waals surface area contributed by atoms with Crippen LogP contribution < -0.4 is 0 Å². The highest BCUT2D eigenvalue weighted by Gasteiger charge is 2.78. The van der Waals surface area contributed by atoms with E-state index in [1.54, 1.807) is 29.0 Å². The number of nitrogens with zero attached hydrogens (tertiary/aromatic N) is 3. The normalized spacial score (nSPS) is 31.4. The first-order chi connectivity index (χ1) is 16.6. The van der Waals surface area contributed by atoms with Crippen LogP contribution in [0, 0.1) is 17.3 Å². The molecule has 0 radical (unpaired) electrons. The number of aliphatic hydroxyl groups is 1. The standard InChI is InChI=1S/C28H45N3O5/c1-10-14-29(9)22(33)19-20-23(34)30(16-17-32)21(28(20)13-12-27(19,8)36-28)24(35)31(15-11-2)26(6,7)18-25(3,4)5/h10-11,19-21,32H,1-2,12-18H2,3-9H3/t19-,20-,21?,27+,28?/m0/s1. The summed E-state index contributed by atoms with van der Waals surface area (Å²) in [6.07, 6.45) is 5.18. The monoisotopic (exact) mass is 503 g/mol. The van der Waals surface area contributed by atoms with Gasteiger partial charge in [0.2, 0.25) is 17.7 Å². The van der Waals surface area contributed by atoms with E-state index in [1.165, 1.54) is 4.90 Å². The van der Waals surface area contributed by atoms with Crippen LogP contribution in [-0.4, -0.2) is 93.6 Å². The van der Waals surface area contributed by atoms with E-state index in [0.29, 0.717) is 25.9 Å². The largest absolute Gasteiger partial charge is 0.395 e. The number of carbonyl (C=O) groups is 3. The zero-order chi connectivity index (χ0) is 27.3. The van der Waals surface area contributed by atoms with Crippen LogP contribution in [-0.2, 0) is 19.1 Å². The van der Waals surface area contributed by atoms with Gasteiger partial charge in [-0.2, -0.15) is 0 Å². The van der Waals surface area contributed by atoms with Gasteiger partial charge in [0.15, 0.2) is 0 Å². The van der Waals surface area contributed by atoms with Crippen molar-refractivity contribution in [3.05, 3.63) is 25.3 Å². The molecule has 3 amide bonds. The van der Waals surface area contributed by atoms with Gasteiger partial charge in [-0.05, 0) is 45.4 Å². The Hall–Kier alpha value is -2.19. The number of hydrogen-bond donors (Lipinski definition) is 1. The van der Waals surface area contributed by atoms with Crippen molar-refractivity contribution in [2.24, 2.45) is 17.3 Å². The lowest BCUT2D eigenvalue weighted by Crippen LogP contribution is -2.61. The van der Waals surface area contributed by atoms with Gasteiger partial charge in [0, 0.05) is 32.2 Å². The van der Waals surface area contributed by atoms with E-state index in [2.05, 4.69) is 33.9 Å². The van der Waals surface area contributed by atoms with Crippen molar-refractivity contribution in [2.45, 2.75) is 83.6 Å². The Kier molecular flexibility index (Phi) is 7.57. The third-order valence-corrected chi connectivity index (χ3v) is 8.17. The quantitative estimate of drug-likeness (QED) is 0.463. The van der Waals surface area contributed by atoms with Gasteiger partial charge >= 0.3 is 0 Å². The van der Waals surface area contributed by atoms with Gasteiger partial charge in [-0.25, -0.2) is 0 Å². The van der Waals surface area contributed by atoms with Gasteiger partial charge in [-0.15, -0.1) is 13.2 Å². The van der Waals surface area contributed by atoms with E-state index >= 15 is 0 Å². The van der Waals surface area contributed by atoms with Crippen LogP contribution in [0.2, 0.25) is 0 Å². The van der Waals surface area contributed by atoms with Gasteiger partial charge in [0.25, 0.3) is 0 Å². The predicted octanol–water partition coefficient (Wildman–Crippen LogP) is 2.62.